The molecule has 8 heavy (non-hydrogen) atoms. The van der Waals surface area contributed by atoms with Crippen LogP contribution < -0.4 is 0 Å². The van der Waals surface area contributed by atoms with Crippen molar-refractivity contribution in [1.29, 1.82) is 0 Å². The van der Waals surface area contributed by atoms with Gasteiger partial charge in [-0.2, -0.15) is 0 Å². The summed E-state index contributed by atoms with van der Waals surface area (Å²) < 4.78 is 8.88. The van der Waals surface area contributed by atoms with Gasteiger partial charge in [0.1, 0.15) is 0 Å². The Morgan fingerprint density at radius 1 is 1.50 bits per heavy atom. The molecule has 0 fully saturated rings. The first-order valence-electron chi connectivity index (χ1n) is 1.76. The van der Waals surface area contributed by atoms with Crippen molar-refractivity contribution in [3.63, 3.8) is 0 Å². The minimum absolute atomic E-state index is 0.722. The highest BCUT2D eigenvalue weighted by atomic mass is 35.5. The van der Waals surface area contributed by atoms with Crippen molar-refractivity contribution in [2.45, 2.75) is 6.92 Å². The highest BCUT2D eigenvalue weighted by molar-refractivity contribution is 7.45. The van der Waals surface area contributed by atoms with Gasteiger partial charge < -0.3 is 14.7 Å². The smallest absolute Gasteiger partial charge is 0.303 e. The van der Waals surface area contributed by atoms with Gasteiger partial charge in [-0.3, -0.25) is 0 Å². The van der Waals surface area contributed by atoms with Crippen molar-refractivity contribution in [3.05, 3.63) is 0 Å². The molecule has 0 spiro atoms. The van der Waals surface area contributed by atoms with Gasteiger partial charge in [0.15, 0.2) is 0 Å². The van der Waals surface area contributed by atoms with Gasteiger partial charge in [0.05, 0.1) is 0 Å². The maximum Gasteiger partial charge on any atom is 0.466 e. The maximum atomic E-state index is 8.88. The fourth-order valence-corrected chi connectivity index (χ4v) is 0. The molecule has 6 heteroatoms. The Bertz CT molecular complexity index is 69.8. The monoisotopic (exact) mass is 162 g/mol. The molecule has 0 saturated heterocycles. The molecular weight excluding hydrogens is 154 g/mol. The summed E-state index contributed by atoms with van der Waals surface area (Å²) in [6.07, 6.45) is 0. The lowest BCUT2D eigenvalue weighted by Gasteiger charge is -1.82. The summed E-state index contributed by atoms with van der Waals surface area (Å²) in [5, 5.41) is 0. The average Bonchev–Trinajstić information content (AvgIpc) is 1.27. The van der Waals surface area contributed by atoms with Gasteiger partial charge in [0, 0.05) is 5.88 Å². The van der Waals surface area contributed by atoms with E-state index in [0.29, 0.717) is 0 Å². The molecule has 0 aromatic carbocycles. The molecule has 0 aliphatic rings. The van der Waals surface area contributed by atoms with Crippen LogP contribution in [0.2, 0.25) is 0 Å². The van der Waals surface area contributed by atoms with Crippen LogP contribution in [-0.4, -0.2) is 20.6 Å². The normalized spacial score (nSPS) is 9.62. The predicted molar refractivity (Wildman–Crippen MR) is 30.7 cm³/mol. The van der Waals surface area contributed by atoms with E-state index in [1.54, 1.807) is 0 Å². The molecule has 3 N–H and O–H groups in total. The molecule has 0 aliphatic heterocycles. The number of alkyl halides is 1. The topological polar surface area (TPSA) is 77.8 Å². The van der Waals surface area contributed by atoms with Gasteiger partial charge in [-0.25, -0.2) is 4.57 Å². The van der Waals surface area contributed by atoms with Gasteiger partial charge in [0.25, 0.3) is 0 Å². The number of hydrogen-bond acceptors (Lipinski definition) is 1. The van der Waals surface area contributed by atoms with Gasteiger partial charge >= 0.3 is 7.82 Å². The van der Waals surface area contributed by atoms with Crippen molar-refractivity contribution in [3.8, 4) is 0 Å². The van der Waals surface area contributed by atoms with Crippen LogP contribution in [0, 0.1) is 0 Å². The second-order valence-corrected chi connectivity index (χ2v) is 2.34. The quantitative estimate of drug-likeness (QED) is 0.354. The average molecular weight is 163 g/mol. The molecule has 0 unspecified atom stereocenters. The van der Waals surface area contributed by atoms with Crippen LogP contribution in [0.25, 0.3) is 0 Å². The zero-order valence-corrected chi connectivity index (χ0v) is 5.93. The molecule has 0 bridgehead atoms. The number of halogens is 1. The molecular formula is C2H8ClO4P. The van der Waals surface area contributed by atoms with E-state index in [-0.39, 0.29) is 0 Å². The number of phosphoric acid groups is 1. The summed E-state index contributed by atoms with van der Waals surface area (Å²) in [5.74, 6) is 0.722. The molecule has 0 saturated carbocycles. The first-order chi connectivity index (χ1) is 3.41. The third-order valence-electron chi connectivity index (χ3n) is 0. The Labute approximate surface area is 52.3 Å². The van der Waals surface area contributed by atoms with Crippen LogP contribution in [0.15, 0.2) is 0 Å². The molecule has 52 valence electrons. The minimum atomic E-state index is -4.64. The van der Waals surface area contributed by atoms with Crippen LogP contribution in [0.1, 0.15) is 6.92 Å². The Hall–Kier alpha value is 0.400. The lowest BCUT2D eigenvalue weighted by Crippen LogP contribution is -1.66. The number of hydrogen-bond donors (Lipinski definition) is 3. The van der Waals surface area contributed by atoms with E-state index < -0.39 is 7.82 Å². The van der Waals surface area contributed by atoms with Crippen LogP contribution >= 0.6 is 19.4 Å². The van der Waals surface area contributed by atoms with Crippen molar-refractivity contribution in [2.24, 2.45) is 0 Å². The number of rotatable bonds is 0. The summed E-state index contributed by atoms with van der Waals surface area (Å²) in [7, 11) is -4.64. The fraction of sp³-hybridized carbons (Fsp3) is 1.00. The predicted octanol–water partition coefficient (Wildman–Crippen LogP) is 0.317. The van der Waals surface area contributed by atoms with Crippen LogP contribution in [0.3, 0.4) is 0 Å². The van der Waals surface area contributed by atoms with E-state index in [9.17, 15) is 0 Å². The van der Waals surface area contributed by atoms with Crippen LogP contribution in [-0.2, 0) is 4.57 Å². The molecule has 0 radical (unpaired) electrons. The van der Waals surface area contributed by atoms with E-state index in [0.717, 1.165) is 5.88 Å². The summed E-state index contributed by atoms with van der Waals surface area (Å²) >= 11 is 5.00. The lowest BCUT2D eigenvalue weighted by atomic mass is 11.0. The van der Waals surface area contributed by atoms with E-state index in [1.807, 2.05) is 6.92 Å². The second kappa shape index (κ2) is 5.54. The SMILES string of the molecule is CCCl.O=P(O)(O)O. The lowest BCUT2D eigenvalue weighted by molar-refractivity contribution is 0.275. The van der Waals surface area contributed by atoms with Gasteiger partial charge in [0.2, 0.25) is 0 Å². The summed E-state index contributed by atoms with van der Waals surface area (Å²) in [4.78, 5) is 21.6. The summed E-state index contributed by atoms with van der Waals surface area (Å²) in [6.45, 7) is 1.89. The zero-order chi connectivity index (χ0) is 7.21. The molecule has 0 rings (SSSR count). The minimum Gasteiger partial charge on any atom is -0.303 e. The van der Waals surface area contributed by atoms with Crippen LogP contribution in [0.5, 0.6) is 0 Å². The summed E-state index contributed by atoms with van der Waals surface area (Å²) in [6, 6.07) is 0. The highest BCUT2D eigenvalue weighted by Crippen LogP contribution is 2.25. The second-order valence-electron chi connectivity index (χ2n) is 0.781. The largest absolute Gasteiger partial charge is 0.466 e. The Morgan fingerprint density at radius 3 is 1.50 bits per heavy atom. The van der Waals surface area contributed by atoms with E-state index >= 15 is 0 Å². The molecule has 0 aromatic heterocycles. The Balaban J connectivity index is 0. The maximum absolute atomic E-state index is 8.88. The fourth-order valence-electron chi connectivity index (χ4n) is 0. The Kier molecular flexibility index (Phi) is 7.77. The highest BCUT2D eigenvalue weighted by Gasteiger charge is 2.00. The standard InChI is InChI=1S/C2H5Cl.H3O4P/c1-2-3;1-5(2,3)4/h2H2,1H3;(H3,1,2,3,4). The van der Waals surface area contributed by atoms with E-state index in [2.05, 4.69) is 0 Å². The molecule has 0 atom stereocenters. The summed E-state index contributed by atoms with van der Waals surface area (Å²) in [5.41, 5.74) is 0. The van der Waals surface area contributed by atoms with Crippen molar-refractivity contribution in [1.82, 2.24) is 0 Å². The van der Waals surface area contributed by atoms with E-state index in [4.69, 9.17) is 30.8 Å². The zero-order valence-electron chi connectivity index (χ0n) is 4.28. The Morgan fingerprint density at radius 2 is 1.50 bits per heavy atom. The molecule has 0 aromatic rings. The molecule has 0 amide bonds. The first-order valence-corrected chi connectivity index (χ1v) is 3.86. The van der Waals surface area contributed by atoms with Gasteiger partial charge in [-0.15, -0.1) is 11.6 Å². The third-order valence-corrected chi connectivity index (χ3v) is 0. The van der Waals surface area contributed by atoms with Gasteiger partial charge in [-0.05, 0) is 0 Å². The first kappa shape index (κ1) is 11.2. The van der Waals surface area contributed by atoms with E-state index in [1.165, 1.54) is 0 Å². The molecule has 0 heterocycles. The van der Waals surface area contributed by atoms with Crippen molar-refractivity contribution < 1.29 is 19.2 Å². The van der Waals surface area contributed by atoms with Crippen molar-refractivity contribution >= 4 is 19.4 Å². The molecule has 4 nitrogen and oxygen atoms in total. The third kappa shape index (κ3) is 1170. The van der Waals surface area contributed by atoms with Crippen LogP contribution in [0.4, 0.5) is 0 Å². The molecule has 0 aliphatic carbocycles. The van der Waals surface area contributed by atoms with Gasteiger partial charge in [-0.1, -0.05) is 6.92 Å². The van der Waals surface area contributed by atoms with Crippen molar-refractivity contribution in [2.75, 3.05) is 5.88 Å².